The molecule has 0 aromatic heterocycles. The van der Waals surface area contributed by atoms with E-state index in [0.29, 0.717) is 35.8 Å². The van der Waals surface area contributed by atoms with Gasteiger partial charge in [0.15, 0.2) is 36.2 Å². The molecule has 0 saturated heterocycles. The van der Waals surface area contributed by atoms with Gasteiger partial charge in [0.2, 0.25) is 11.8 Å². The number of nitrogens with one attached hydrogen (secondary N) is 4. The number of rotatable bonds is 16. The van der Waals surface area contributed by atoms with E-state index in [2.05, 4.69) is 21.7 Å². The standard InChI is InChI=1S/C27H36N4O8/c1-36-20-12-8-10-14-22(20)38-18-26(34)30-28-24(32)16-6-4-3-5-7-17-25(33)29-31-27(35)19-39-23-15-11-9-13-21(23)37-2/h8-15H,3-7,16-19H2,1-2H3,(H,28,32)(H,29,33)(H,30,34)(H,31,35). The van der Waals surface area contributed by atoms with E-state index < -0.39 is 11.8 Å². The Bertz CT molecular complexity index is 996. The van der Waals surface area contributed by atoms with Crippen molar-refractivity contribution in [3.8, 4) is 23.0 Å². The molecule has 212 valence electrons. The molecule has 12 heteroatoms. The average molecular weight is 545 g/mol. The van der Waals surface area contributed by atoms with Crippen molar-refractivity contribution in [3.63, 3.8) is 0 Å². The second-order valence-corrected chi connectivity index (χ2v) is 8.34. The zero-order valence-corrected chi connectivity index (χ0v) is 22.2. The Morgan fingerprint density at radius 3 is 1.23 bits per heavy atom. The van der Waals surface area contributed by atoms with Crippen LogP contribution in [0.3, 0.4) is 0 Å². The first-order valence-corrected chi connectivity index (χ1v) is 12.6. The summed E-state index contributed by atoms with van der Waals surface area (Å²) in [4.78, 5) is 47.5. The fraction of sp³-hybridized carbons (Fsp3) is 0.407. The molecular weight excluding hydrogens is 508 g/mol. The summed E-state index contributed by atoms with van der Waals surface area (Å²) in [7, 11) is 3.01. The third kappa shape index (κ3) is 12.5. The SMILES string of the molecule is COc1ccccc1OCC(=O)NNC(=O)CCCCCCCC(=O)NNC(=O)COc1ccccc1OC. The number of amides is 4. The summed E-state index contributed by atoms with van der Waals surface area (Å²) in [6, 6.07) is 13.9. The van der Waals surface area contributed by atoms with Gasteiger partial charge in [-0.05, 0) is 37.1 Å². The Morgan fingerprint density at radius 1 is 0.513 bits per heavy atom. The summed E-state index contributed by atoms with van der Waals surface area (Å²) in [5, 5.41) is 0. The Hall–Kier alpha value is -4.48. The molecule has 0 spiro atoms. The molecule has 0 aliphatic heterocycles. The van der Waals surface area contributed by atoms with Gasteiger partial charge in [-0.25, -0.2) is 0 Å². The van der Waals surface area contributed by atoms with Crippen LogP contribution in [0.2, 0.25) is 0 Å². The minimum Gasteiger partial charge on any atom is -0.493 e. The first-order valence-electron chi connectivity index (χ1n) is 12.6. The van der Waals surface area contributed by atoms with Gasteiger partial charge in [-0.2, -0.15) is 0 Å². The van der Waals surface area contributed by atoms with E-state index in [-0.39, 0.29) is 37.9 Å². The molecule has 2 aromatic rings. The number of hydrazine groups is 2. The summed E-state index contributed by atoms with van der Waals surface area (Å²) in [5.74, 6) is 0.286. The van der Waals surface area contributed by atoms with Crippen LogP contribution >= 0.6 is 0 Å². The van der Waals surface area contributed by atoms with Crippen LogP contribution in [0.25, 0.3) is 0 Å². The highest BCUT2D eigenvalue weighted by molar-refractivity contribution is 5.83. The van der Waals surface area contributed by atoms with E-state index in [4.69, 9.17) is 18.9 Å². The van der Waals surface area contributed by atoms with Gasteiger partial charge in [-0.1, -0.05) is 43.5 Å². The molecule has 4 N–H and O–H groups in total. The van der Waals surface area contributed by atoms with Gasteiger partial charge < -0.3 is 18.9 Å². The van der Waals surface area contributed by atoms with Crippen LogP contribution in [-0.2, 0) is 19.2 Å². The number of para-hydroxylation sites is 4. The fourth-order valence-corrected chi connectivity index (χ4v) is 3.34. The molecule has 0 heterocycles. The second kappa shape index (κ2) is 17.9. The molecule has 0 radical (unpaired) electrons. The maximum atomic E-state index is 11.9. The summed E-state index contributed by atoms with van der Waals surface area (Å²) in [6.45, 7) is -0.538. The van der Waals surface area contributed by atoms with Gasteiger partial charge in [0.1, 0.15) is 0 Å². The van der Waals surface area contributed by atoms with Crippen molar-refractivity contribution >= 4 is 23.6 Å². The first kappa shape index (κ1) is 30.7. The summed E-state index contributed by atoms with van der Waals surface area (Å²) >= 11 is 0. The maximum Gasteiger partial charge on any atom is 0.276 e. The quantitative estimate of drug-likeness (QED) is 0.185. The van der Waals surface area contributed by atoms with Crippen LogP contribution in [0.5, 0.6) is 23.0 Å². The number of ether oxygens (including phenoxy) is 4. The van der Waals surface area contributed by atoms with Crippen molar-refractivity contribution < 1.29 is 38.1 Å². The normalized spacial score (nSPS) is 10.1. The number of unbranched alkanes of at least 4 members (excludes halogenated alkanes) is 4. The molecule has 4 amide bonds. The predicted octanol–water partition coefficient (Wildman–Crippen LogP) is 2.19. The molecule has 0 aliphatic rings. The highest BCUT2D eigenvalue weighted by Crippen LogP contribution is 2.26. The second-order valence-electron chi connectivity index (χ2n) is 8.34. The van der Waals surface area contributed by atoms with Crippen molar-refractivity contribution in [3.05, 3.63) is 48.5 Å². The highest BCUT2D eigenvalue weighted by atomic mass is 16.5. The van der Waals surface area contributed by atoms with Crippen molar-refractivity contribution in [1.29, 1.82) is 0 Å². The van der Waals surface area contributed by atoms with Gasteiger partial charge >= 0.3 is 0 Å². The molecule has 0 atom stereocenters. The van der Waals surface area contributed by atoms with Gasteiger partial charge in [0, 0.05) is 12.8 Å². The Balaban J connectivity index is 1.44. The molecule has 39 heavy (non-hydrogen) atoms. The van der Waals surface area contributed by atoms with E-state index in [0.717, 1.165) is 19.3 Å². The zero-order chi connectivity index (χ0) is 28.3. The van der Waals surface area contributed by atoms with Gasteiger partial charge in [0.05, 0.1) is 14.2 Å². The van der Waals surface area contributed by atoms with Crippen molar-refractivity contribution in [2.75, 3.05) is 27.4 Å². The van der Waals surface area contributed by atoms with Crippen molar-refractivity contribution in [2.45, 2.75) is 44.9 Å². The van der Waals surface area contributed by atoms with Gasteiger partial charge in [-0.3, -0.25) is 40.9 Å². The topological polar surface area (TPSA) is 153 Å². The summed E-state index contributed by atoms with van der Waals surface area (Å²) in [5.41, 5.74) is 9.34. The molecule has 0 fully saturated rings. The van der Waals surface area contributed by atoms with E-state index in [1.807, 2.05) is 0 Å². The van der Waals surface area contributed by atoms with Crippen LogP contribution < -0.4 is 40.7 Å². The molecule has 0 bridgehead atoms. The molecular formula is C27H36N4O8. The molecule has 2 aromatic carbocycles. The number of benzene rings is 2. The minimum absolute atomic E-state index is 0.261. The number of hydrogen-bond acceptors (Lipinski definition) is 8. The van der Waals surface area contributed by atoms with Gasteiger partial charge in [-0.15, -0.1) is 0 Å². The number of hydrogen-bond donors (Lipinski definition) is 4. The number of carbonyl (C=O) groups excluding carboxylic acids is 4. The third-order valence-electron chi connectivity index (χ3n) is 5.35. The van der Waals surface area contributed by atoms with Crippen molar-refractivity contribution in [1.82, 2.24) is 21.7 Å². The van der Waals surface area contributed by atoms with Gasteiger partial charge in [0.25, 0.3) is 11.8 Å². The lowest BCUT2D eigenvalue weighted by Gasteiger charge is -2.11. The van der Waals surface area contributed by atoms with E-state index in [9.17, 15) is 19.2 Å². The Morgan fingerprint density at radius 2 is 0.846 bits per heavy atom. The first-order chi connectivity index (χ1) is 18.9. The fourth-order valence-electron chi connectivity index (χ4n) is 3.34. The molecule has 12 nitrogen and oxygen atoms in total. The minimum atomic E-state index is -0.493. The van der Waals surface area contributed by atoms with Crippen LogP contribution in [0, 0.1) is 0 Å². The molecule has 0 unspecified atom stereocenters. The largest absolute Gasteiger partial charge is 0.493 e. The van der Waals surface area contributed by atoms with E-state index in [1.165, 1.54) is 14.2 Å². The highest BCUT2D eigenvalue weighted by Gasteiger charge is 2.10. The molecule has 0 aliphatic carbocycles. The number of methoxy groups -OCH3 is 2. The van der Waals surface area contributed by atoms with Crippen molar-refractivity contribution in [2.24, 2.45) is 0 Å². The lowest BCUT2D eigenvalue weighted by atomic mass is 10.1. The Labute approximate surface area is 227 Å². The number of carbonyl (C=O) groups is 4. The predicted molar refractivity (Wildman–Crippen MR) is 142 cm³/mol. The molecule has 0 saturated carbocycles. The summed E-state index contributed by atoms with van der Waals surface area (Å²) < 4.78 is 21.1. The smallest absolute Gasteiger partial charge is 0.276 e. The monoisotopic (exact) mass is 544 g/mol. The van der Waals surface area contributed by atoms with E-state index >= 15 is 0 Å². The lowest BCUT2D eigenvalue weighted by Crippen LogP contribution is -2.43. The third-order valence-corrected chi connectivity index (χ3v) is 5.35. The zero-order valence-electron chi connectivity index (χ0n) is 22.2. The lowest BCUT2D eigenvalue weighted by molar-refractivity contribution is -0.130. The van der Waals surface area contributed by atoms with Crippen LogP contribution in [0.1, 0.15) is 44.9 Å². The summed E-state index contributed by atoms with van der Waals surface area (Å²) in [6.07, 6.45) is 4.27. The van der Waals surface area contributed by atoms with E-state index in [1.54, 1.807) is 48.5 Å². The maximum absolute atomic E-state index is 11.9. The average Bonchev–Trinajstić information content (AvgIpc) is 2.96. The molecule has 2 rings (SSSR count). The van der Waals surface area contributed by atoms with Crippen LogP contribution in [0.15, 0.2) is 48.5 Å². The van der Waals surface area contributed by atoms with Crippen LogP contribution in [0.4, 0.5) is 0 Å². The Kier molecular flexibility index (Phi) is 14.1. The van der Waals surface area contributed by atoms with Crippen LogP contribution in [-0.4, -0.2) is 51.1 Å².